The zero-order chi connectivity index (χ0) is 14.4. The molecule has 0 radical (unpaired) electrons. The van der Waals surface area contributed by atoms with Gasteiger partial charge in [0.2, 0.25) is 0 Å². The van der Waals surface area contributed by atoms with Crippen LogP contribution in [0.15, 0.2) is 24.4 Å². The van der Waals surface area contributed by atoms with E-state index in [4.69, 9.17) is 5.11 Å². The molecule has 0 aliphatic rings. The van der Waals surface area contributed by atoms with E-state index in [1.807, 2.05) is 12.1 Å². The number of aromatic nitrogens is 1. The number of carboxylic acids is 1. The van der Waals surface area contributed by atoms with Crippen LogP contribution >= 0.6 is 0 Å². The molecule has 1 unspecified atom stereocenters. The average Bonchev–Trinajstić information content (AvgIpc) is 2.39. The predicted octanol–water partition coefficient (Wildman–Crippen LogP) is 1.43. The molecular weight excluding hydrogens is 246 g/mol. The summed E-state index contributed by atoms with van der Waals surface area (Å²) < 4.78 is 0. The van der Waals surface area contributed by atoms with Gasteiger partial charge in [-0.1, -0.05) is 13.0 Å². The lowest BCUT2D eigenvalue weighted by molar-refractivity contribution is -0.142. The summed E-state index contributed by atoms with van der Waals surface area (Å²) in [5.41, 5.74) is 0.759. The van der Waals surface area contributed by atoms with Crippen molar-refractivity contribution in [3.63, 3.8) is 0 Å². The number of nitrogens with zero attached hydrogens (tertiary/aromatic N) is 3. The number of carbonyl (C=O) groups is 2. The summed E-state index contributed by atoms with van der Waals surface area (Å²) >= 11 is 0. The quantitative estimate of drug-likeness (QED) is 0.874. The van der Waals surface area contributed by atoms with Gasteiger partial charge in [-0.2, -0.15) is 0 Å². The summed E-state index contributed by atoms with van der Waals surface area (Å²) in [6.07, 6.45) is 2.03. The van der Waals surface area contributed by atoms with Crippen LogP contribution < -0.4 is 0 Å². The molecule has 1 N–H and O–H groups in total. The summed E-state index contributed by atoms with van der Waals surface area (Å²) in [4.78, 5) is 30.0. The van der Waals surface area contributed by atoms with Crippen molar-refractivity contribution in [2.75, 3.05) is 14.1 Å². The van der Waals surface area contributed by atoms with Gasteiger partial charge in [0.15, 0.2) is 0 Å². The van der Waals surface area contributed by atoms with Crippen LogP contribution in [-0.2, 0) is 11.3 Å². The van der Waals surface area contributed by atoms with Crippen molar-refractivity contribution < 1.29 is 14.7 Å². The highest BCUT2D eigenvalue weighted by molar-refractivity contribution is 5.82. The van der Waals surface area contributed by atoms with Gasteiger partial charge in [-0.05, 0) is 18.6 Å². The number of amides is 2. The highest BCUT2D eigenvalue weighted by Crippen LogP contribution is 2.07. The van der Waals surface area contributed by atoms with E-state index in [0.29, 0.717) is 13.0 Å². The molecule has 0 aromatic carbocycles. The molecule has 6 heteroatoms. The van der Waals surface area contributed by atoms with Gasteiger partial charge >= 0.3 is 12.0 Å². The Morgan fingerprint density at radius 3 is 2.53 bits per heavy atom. The normalized spacial score (nSPS) is 11.7. The molecule has 19 heavy (non-hydrogen) atoms. The minimum absolute atomic E-state index is 0.333. The lowest BCUT2D eigenvalue weighted by Crippen LogP contribution is -2.47. The Morgan fingerprint density at radius 2 is 2.05 bits per heavy atom. The topological polar surface area (TPSA) is 73.7 Å². The van der Waals surface area contributed by atoms with E-state index in [2.05, 4.69) is 4.98 Å². The van der Waals surface area contributed by atoms with Crippen molar-refractivity contribution in [1.82, 2.24) is 14.8 Å². The Balaban J connectivity index is 2.68. The number of rotatable bonds is 5. The van der Waals surface area contributed by atoms with Crippen LogP contribution in [0.2, 0.25) is 0 Å². The van der Waals surface area contributed by atoms with Gasteiger partial charge in [0.25, 0.3) is 0 Å². The van der Waals surface area contributed by atoms with Crippen molar-refractivity contribution >= 4 is 12.0 Å². The molecule has 0 saturated carbocycles. The molecule has 1 atom stereocenters. The standard InChI is InChI=1S/C13H19N3O3/c1-4-11(12(17)18)16(3)13(19)15(2)9-10-7-5-6-8-14-10/h5-8,11H,4,9H2,1-3H3,(H,17,18). The average molecular weight is 265 g/mol. The lowest BCUT2D eigenvalue weighted by atomic mass is 10.2. The molecule has 2 amide bonds. The van der Waals surface area contributed by atoms with Crippen molar-refractivity contribution in [2.45, 2.75) is 25.9 Å². The van der Waals surface area contributed by atoms with Gasteiger partial charge in [0.05, 0.1) is 12.2 Å². The Bertz CT molecular complexity index is 436. The van der Waals surface area contributed by atoms with Gasteiger partial charge in [-0.15, -0.1) is 0 Å². The fourth-order valence-electron chi connectivity index (χ4n) is 1.82. The summed E-state index contributed by atoms with van der Waals surface area (Å²) in [5.74, 6) is -0.996. The number of carbonyl (C=O) groups excluding carboxylic acids is 1. The number of pyridine rings is 1. The third-order valence-electron chi connectivity index (χ3n) is 2.89. The Hall–Kier alpha value is -2.11. The van der Waals surface area contributed by atoms with Crippen LogP contribution in [0.5, 0.6) is 0 Å². The van der Waals surface area contributed by atoms with Crippen molar-refractivity contribution in [2.24, 2.45) is 0 Å². The molecule has 104 valence electrons. The van der Waals surface area contributed by atoms with Crippen LogP contribution in [0.1, 0.15) is 19.0 Å². The summed E-state index contributed by atoms with van der Waals surface area (Å²) in [6.45, 7) is 2.08. The molecule has 0 spiro atoms. The molecule has 0 aliphatic carbocycles. The predicted molar refractivity (Wildman–Crippen MR) is 70.6 cm³/mol. The molecule has 0 aliphatic heterocycles. The van der Waals surface area contributed by atoms with Crippen molar-refractivity contribution in [3.8, 4) is 0 Å². The molecule has 1 aromatic rings. The number of urea groups is 1. The van der Waals surface area contributed by atoms with Crippen LogP contribution in [-0.4, -0.2) is 52.0 Å². The zero-order valence-corrected chi connectivity index (χ0v) is 11.4. The largest absolute Gasteiger partial charge is 0.480 e. The summed E-state index contributed by atoms with van der Waals surface area (Å²) in [6, 6.07) is 4.32. The first-order chi connectivity index (χ1) is 8.97. The van der Waals surface area contributed by atoms with Crippen LogP contribution in [0, 0.1) is 0 Å². The lowest BCUT2D eigenvalue weighted by Gasteiger charge is -2.28. The molecule has 0 saturated heterocycles. The number of hydrogen-bond donors (Lipinski definition) is 1. The van der Waals surface area contributed by atoms with Gasteiger partial charge in [0.1, 0.15) is 6.04 Å². The molecule has 0 bridgehead atoms. The molecule has 0 fully saturated rings. The zero-order valence-electron chi connectivity index (χ0n) is 11.4. The maximum Gasteiger partial charge on any atom is 0.326 e. The van der Waals surface area contributed by atoms with E-state index in [-0.39, 0.29) is 6.03 Å². The van der Waals surface area contributed by atoms with Gasteiger partial charge in [0, 0.05) is 20.3 Å². The Labute approximate surface area is 112 Å². The third kappa shape index (κ3) is 3.94. The summed E-state index contributed by atoms with van der Waals surface area (Å²) in [7, 11) is 3.13. The Kier molecular flexibility index (Phi) is 5.29. The highest BCUT2D eigenvalue weighted by atomic mass is 16.4. The maximum atomic E-state index is 12.1. The molecule has 1 rings (SSSR count). The first-order valence-corrected chi connectivity index (χ1v) is 6.08. The minimum Gasteiger partial charge on any atom is -0.480 e. The maximum absolute atomic E-state index is 12.1. The van der Waals surface area contributed by atoms with Crippen molar-refractivity contribution in [1.29, 1.82) is 0 Å². The molecule has 1 aromatic heterocycles. The molecule has 1 heterocycles. The smallest absolute Gasteiger partial charge is 0.326 e. The number of carboxylic acid groups (broad SMARTS) is 1. The van der Waals surface area contributed by atoms with E-state index >= 15 is 0 Å². The monoisotopic (exact) mass is 265 g/mol. The van der Waals surface area contributed by atoms with Gasteiger partial charge in [-0.3, -0.25) is 4.98 Å². The first kappa shape index (κ1) is 14.9. The second-order valence-electron chi connectivity index (χ2n) is 4.33. The highest BCUT2D eigenvalue weighted by Gasteiger charge is 2.26. The van der Waals surface area contributed by atoms with E-state index in [1.54, 1.807) is 26.2 Å². The molecule has 6 nitrogen and oxygen atoms in total. The van der Waals surface area contributed by atoms with E-state index in [9.17, 15) is 9.59 Å². The number of hydrogen-bond acceptors (Lipinski definition) is 3. The van der Waals surface area contributed by atoms with E-state index in [0.717, 1.165) is 5.69 Å². The fraction of sp³-hybridized carbons (Fsp3) is 0.462. The van der Waals surface area contributed by atoms with Crippen LogP contribution in [0.25, 0.3) is 0 Å². The Morgan fingerprint density at radius 1 is 1.37 bits per heavy atom. The SMILES string of the molecule is CCC(C(=O)O)N(C)C(=O)N(C)Cc1ccccn1. The van der Waals surface area contributed by atoms with Crippen molar-refractivity contribution in [3.05, 3.63) is 30.1 Å². The number of aliphatic carboxylic acids is 1. The van der Waals surface area contributed by atoms with Crippen LogP contribution in [0.3, 0.4) is 0 Å². The number of likely N-dealkylation sites (N-methyl/N-ethyl adjacent to an activating group) is 1. The minimum atomic E-state index is -0.996. The third-order valence-corrected chi connectivity index (χ3v) is 2.89. The fourth-order valence-corrected chi connectivity index (χ4v) is 1.82. The second kappa shape index (κ2) is 6.72. The van der Waals surface area contributed by atoms with Gasteiger partial charge < -0.3 is 14.9 Å². The summed E-state index contributed by atoms with van der Waals surface area (Å²) in [5, 5.41) is 9.04. The van der Waals surface area contributed by atoms with Crippen LogP contribution in [0.4, 0.5) is 4.79 Å². The van der Waals surface area contributed by atoms with Gasteiger partial charge in [-0.25, -0.2) is 9.59 Å². The molecular formula is C13H19N3O3. The van der Waals surface area contributed by atoms with E-state index in [1.165, 1.54) is 16.8 Å². The first-order valence-electron chi connectivity index (χ1n) is 6.08. The second-order valence-corrected chi connectivity index (χ2v) is 4.33. The van der Waals surface area contributed by atoms with E-state index < -0.39 is 12.0 Å².